The van der Waals surface area contributed by atoms with Crippen molar-refractivity contribution < 1.29 is 9.90 Å². The summed E-state index contributed by atoms with van der Waals surface area (Å²) in [5, 5.41) is 12.9. The van der Waals surface area contributed by atoms with Crippen LogP contribution in [0.5, 0.6) is 0 Å². The maximum atomic E-state index is 11.0. The van der Waals surface area contributed by atoms with Crippen LogP contribution in [-0.2, 0) is 0 Å². The molecule has 0 unspecified atom stereocenters. The number of nitrogens with one attached hydrogen (secondary N) is 1. The molecule has 116 valence electrons. The van der Waals surface area contributed by atoms with Gasteiger partial charge in [0.2, 0.25) is 0 Å². The normalized spacial score (nSPS) is 11.9. The molecule has 8 heteroatoms. The zero-order valence-corrected chi connectivity index (χ0v) is 14.1. The van der Waals surface area contributed by atoms with Crippen LogP contribution in [0.2, 0.25) is 15.2 Å². The van der Waals surface area contributed by atoms with E-state index in [4.69, 9.17) is 39.9 Å². The Hall–Kier alpha value is -1.04. The predicted octanol–water partition coefficient (Wildman–Crippen LogP) is 4.96. The van der Waals surface area contributed by atoms with Crippen LogP contribution in [0.15, 0.2) is 5.10 Å². The lowest BCUT2D eigenvalue weighted by Gasteiger charge is -2.11. The molecule has 0 atom stereocenters. The number of hydrazone groups is 1. The van der Waals surface area contributed by atoms with E-state index in [1.54, 1.807) is 0 Å². The van der Waals surface area contributed by atoms with Crippen LogP contribution in [0, 0.1) is 5.92 Å². The van der Waals surface area contributed by atoms with Crippen molar-refractivity contribution in [3.8, 4) is 0 Å². The van der Waals surface area contributed by atoms with Gasteiger partial charge in [-0.2, -0.15) is 5.10 Å². The highest BCUT2D eigenvalue weighted by molar-refractivity contribution is 6.46. The Kier molecular flexibility index (Phi) is 6.71. The summed E-state index contributed by atoms with van der Waals surface area (Å²) in [4.78, 5) is 14.7. The number of halogens is 3. The molecule has 0 amide bonds. The summed E-state index contributed by atoms with van der Waals surface area (Å²) in [6.07, 6.45) is 1.81. The lowest BCUT2D eigenvalue weighted by molar-refractivity contribution is 0.0691. The quantitative estimate of drug-likeness (QED) is 0.431. The fourth-order valence-corrected chi connectivity index (χ4v) is 2.13. The van der Waals surface area contributed by atoms with Gasteiger partial charge in [-0.05, 0) is 25.7 Å². The number of rotatable bonds is 6. The maximum absolute atomic E-state index is 11.0. The van der Waals surface area contributed by atoms with E-state index in [-0.39, 0.29) is 26.6 Å². The predicted molar refractivity (Wildman–Crippen MR) is 87.0 cm³/mol. The van der Waals surface area contributed by atoms with Gasteiger partial charge < -0.3 is 5.11 Å². The molecule has 0 aliphatic carbocycles. The first-order chi connectivity index (χ1) is 9.73. The van der Waals surface area contributed by atoms with Crippen molar-refractivity contribution in [3.05, 3.63) is 20.9 Å². The van der Waals surface area contributed by atoms with Gasteiger partial charge in [0.25, 0.3) is 0 Å². The molecule has 2 N–H and O–H groups in total. The largest absolute Gasteiger partial charge is 0.476 e. The summed E-state index contributed by atoms with van der Waals surface area (Å²) in [5.74, 6) is -0.724. The minimum Gasteiger partial charge on any atom is -0.476 e. The highest BCUT2D eigenvalue weighted by Gasteiger charge is 2.20. The second-order valence-corrected chi connectivity index (χ2v) is 6.06. The third-order valence-electron chi connectivity index (χ3n) is 2.68. The summed E-state index contributed by atoms with van der Waals surface area (Å²) in [7, 11) is 0. The van der Waals surface area contributed by atoms with E-state index in [1.807, 2.05) is 6.92 Å². The Balaban J connectivity index is 3.03. The molecule has 0 spiro atoms. The molecule has 0 aromatic carbocycles. The highest BCUT2D eigenvalue weighted by atomic mass is 35.5. The maximum Gasteiger partial charge on any atom is 0.356 e. The van der Waals surface area contributed by atoms with Gasteiger partial charge in [0, 0.05) is 5.71 Å². The average molecular weight is 353 g/mol. The molecule has 1 aromatic rings. The SMILES string of the molecule is C/C(CCC(C)C)=N\Nc1c(Cl)c(Cl)nc(C(=O)O)c1Cl. The molecule has 21 heavy (non-hydrogen) atoms. The van der Waals surface area contributed by atoms with E-state index in [0.29, 0.717) is 5.92 Å². The number of pyridine rings is 1. The number of aromatic nitrogens is 1. The molecule has 0 aliphatic heterocycles. The van der Waals surface area contributed by atoms with Gasteiger partial charge in [0.15, 0.2) is 10.8 Å². The molecule has 1 aromatic heterocycles. The van der Waals surface area contributed by atoms with E-state index in [0.717, 1.165) is 18.6 Å². The Morgan fingerprint density at radius 3 is 2.48 bits per heavy atom. The van der Waals surface area contributed by atoms with Crippen molar-refractivity contribution in [2.75, 3.05) is 5.43 Å². The van der Waals surface area contributed by atoms with Gasteiger partial charge in [0.05, 0.1) is 5.69 Å². The van der Waals surface area contributed by atoms with Gasteiger partial charge in [0.1, 0.15) is 10.0 Å². The smallest absolute Gasteiger partial charge is 0.356 e. The monoisotopic (exact) mass is 351 g/mol. The molecular weight excluding hydrogens is 337 g/mol. The number of carboxylic acid groups (broad SMARTS) is 1. The first-order valence-corrected chi connectivity index (χ1v) is 7.44. The van der Waals surface area contributed by atoms with Crippen molar-refractivity contribution in [3.63, 3.8) is 0 Å². The van der Waals surface area contributed by atoms with E-state index in [1.165, 1.54) is 0 Å². The third-order valence-corrected chi connectivity index (χ3v) is 3.79. The number of nitrogens with zero attached hydrogens (tertiary/aromatic N) is 2. The summed E-state index contributed by atoms with van der Waals surface area (Å²) >= 11 is 17.8. The Morgan fingerprint density at radius 2 is 1.95 bits per heavy atom. The van der Waals surface area contributed by atoms with Crippen LogP contribution in [0.25, 0.3) is 0 Å². The topological polar surface area (TPSA) is 74.6 Å². The molecule has 0 aliphatic rings. The van der Waals surface area contributed by atoms with E-state index in [2.05, 4.69) is 29.4 Å². The highest BCUT2D eigenvalue weighted by Crippen LogP contribution is 2.36. The van der Waals surface area contributed by atoms with Crippen LogP contribution < -0.4 is 5.43 Å². The van der Waals surface area contributed by atoms with Crippen LogP contribution in [0.1, 0.15) is 44.1 Å². The van der Waals surface area contributed by atoms with Gasteiger partial charge >= 0.3 is 5.97 Å². The van der Waals surface area contributed by atoms with Gasteiger partial charge in [-0.3, -0.25) is 5.43 Å². The molecule has 1 heterocycles. The molecule has 0 bridgehead atoms. The molecular formula is C13H16Cl3N3O2. The van der Waals surface area contributed by atoms with E-state index in [9.17, 15) is 4.79 Å². The summed E-state index contributed by atoms with van der Waals surface area (Å²) in [6.45, 7) is 6.10. The van der Waals surface area contributed by atoms with Crippen molar-refractivity contribution in [2.45, 2.75) is 33.6 Å². The molecule has 0 saturated carbocycles. The first-order valence-electron chi connectivity index (χ1n) is 6.31. The molecule has 5 nitrogen and oxygen atoms in total. The Bertz CT molecular complexity index is 574. The molecule has 0 radical (unpaired) electrons. The number of carbonyl (C=O) groups is 1. The van der Waals surface area contributed by atoms with Crippen LogP contribution in [0.4, 0.5) is 5.69 Å². The fraction of sp³-hybridized carbons (Fsp3) is 0.462. The summed E-state index contributed by atoms with van der Waals surface area (Å²) < 4.78 is 0. The van der Waals surface area contributed by atoms with Gasteiger partial charge in [-0.25, -0.2) is 9.78 Å². The molecule has 0 saturated heterocycles. The van der Waals surface area contributed by atoms with Crippen LogP contribution >= 0.6 is 34.8 Å². The Labute approximate surface area is 138 Å². The number of aromatic carboxylic acids is 1. The van der Waals surface area contributed by atoms with Crippen LogP contribution in [-0.4, -0.2) is 21.8 Å². The average Bonchev–Trinajstić information content (AvgIpc) is 2.40. The molecule has 0 fully saturated rings. The fourth-order valence-electron chi connectivity index (χ4n) is 1.46. The van der Waals surface area contributed by atoms with Crippen molar-refractivity contribution in [1.82, 2.24) is 4.98 Å². The lowest BCUT2D eigenvalue weighted by atomic mass is 10.1. The minimum atomic E-state index is -1.29. The lowest BCUT2D eigenvalue weighted by Crippen LogP contribution is -2.06. The second kappa shape index (κ2) is 7.82. The van der Waals surface area contributed by atoms with Gasteiger partial charge in [-0.1, -0.05) is 48.7 Å². The van der Waals surface area contributed by atoms with E-state index >= 15 is 0 Å². The summed E-state index contributed by atoms with van der Waals surface area (Å²) in [5.41, 5.74) is 3.29. The van der Waals surface area contributed by atoms with Crippen molar-refractivity contribution >= 4 is 52.2 Å². The number of carboxylic acids is 1. The van der Waals surface area contributed by atoms with E-state index < -0.39 is 5.97 Å². The minimum absolute atomic E-state index is 0.0343. The van der Waals surface area contributed by atoms with Crippen molar-refractivity contribution in [1.29, 1.82) is 0 Å². The van der Waals surface area contributed by atoms with Gasteiger partial charge in [-0.15, -0.1) is 0 Å². The van der Waals surface area contributed by atoms with Crippen molar-refractivity contribution in [2.24, 2.45) is 11.0 Å². The third kappa shape index (κ3) is 5.02. The summed E-state index contributed by atoms with van der Waals surface area (Å²) in [6, 6.07) is 0. The number of hydrogen-bond acceptors (Lipinski definition) is 4. The van der Waals surface area contributed by atoms with Crippen LogP contribution in [0.3, 0.4) is 0 Å². The zero-order valence-electron chi connectivity index (χ0n) is 11.9. The Morgan fingerprint density at radius 1 is 1.33 bits per heavy atom. The second-order valence-electron chi connectivity index (χ2n) is 4.95. The standard InChI is InChI=1S/C13H16Cl3N3O2/c1-6(2)4-5-7(3)18-19-10-8(14)11(13(20)21)17-12(16)9(10)15/h6H,4-5H2,1-3H3,(H,17,19)(H,20,21)/b18-7+. The first kappa shape index (κ1) is 18.0. The zero-order chi connectivity index (χ0) is 16.2. The number of anilines is 1. The molecule has 1 rings (SSSR count). The number of hydrogen-bond donors (Lipinski definition) is 2.